The summed E-state index contributed by atoms with van der Waals surface area (Å²) in [6.07, 6.45) is 5.20. The normalized spacial score (nSPS) is 36.9. The van der Waals surface area contributed by atoms with Gasteiger partial charge in [0.2, 0.25) is 0 Å². The predicted octanol–water partition coefficient (Wildman–Crippen LogP) is 2.09. The number of nitrogens with two attached hydrogens (primary N) is 1. The van der Waals surface area contributed by atoms with E-state index in [1.165, 1.54) is 19.3 Å². The first kappa shape index (κ1) is 12.4. The number of anilines is 2. The first-order valence-corrected chi connectivity index (χ1v) is 7.83. The molecule has 1 aromatic heterocycles. The average Bonchev–Trinajstić information content (AvgIpc) is 2.85. The minimum Gasteiger partial charge on any atom is -0.366 e. The highest BCUT2D eigenvalue weighted by atomic mass is 15.3. The number of hydrogen-bond donors (Lipinski definition) is 3. The van der Waals surface area contributed by atoms with Gasteiger partial charge in [-0.2, -0.15) is 0 Å². The smallest absolute Gasteiger partial charge is 0.148 e. The number of fused-ring (bicyclic) bond motifs is 5. The molecule has 3 aliphatic rings. The van der Waals surface area contributed by atoms with Crippen molar-refractivity contribution in [2.45, 2.75) is 45.6 Å². The molecule has 0 saturated heterocycles. The molecule has 0 radical (unpaired) electrons. The Kier molecular flexibility index (Phi) is 2.67. The number of rotatable bonds is 4. The molecule has 1 heterocycles. The Morgan fingerprint density at radius 3 is 2.40 bits per heavy atom. The summed E-state index contributed by atoms with van der Waals surface area (Å²) in [5, 5.41) is 3.69. The molecule has 0 spiro atoms. The van der Waals surface area contributed by atoms with Crippen molar-refractivity contribution in [3.63, 3.8) is 0 Å². The van der Waals surface area contributed by atoms with Crippen LogP contribution in [0.3, 0.4) is 0 Å². The van der Waals surface area contributed by atoms with Gasteiger partial charge in [-0.25, -0.2) is 15.8 Å². The van der Waals surface area contributed by atoms with Gasteiger partial charge in [0.05, 0.1) is 0 Å². The number of nitrogens with zero attached hydrogens (tertiary/aromatic N) is 2. The summed E-state index contributed by atoms with van der Waals surface area (Å²) < 4.78 is 0. The van der Waals surface area contributed by atoms with E-state index in [0.717, 1.165) is 53.1 Å². The highest BCUT2D eigenvalue weighted by Gasteiger charge is 2.65. The third kappa shape index (κ3) is 1.65. The standard InChI is InChI=1S/C15H23N5/c1-3-10-17-14(7(2)15(18-10)20-16)19-13-11-8-4-5-9(6-8)12(11)13/h8-9,11-13H,3-6,16H2,1-2H3,(H2,17,18,19,20). The molecule has 4 atom stereocenters. The van der Waals surface area contributed by atoms with Gasteiger partial charge >= 0.3 is 0 Å². The predicted molar refractivity (Wildman–Crippen MR) is 79.2 cm³/mol. The molecule has 20 heavy (non-hydrogen) atoms. The van der Waals surface area contributed by atoms with Crippen LogP contribution >= 0.6 is 0 Å². The van der Waals surface area contributed by atoms with Gasteiger partial charge in [0, 0.05) is 18.0 Å². The van der Waals surface area contributed by atoms with Crippen LogP contribution in [0.15, 0.2) is 0 Å². The summed E-state index contributed by atoms with van der Waals surface area (Å²) >= 11 is 0. The van der Waals surface area contributed by atoms with Gasteiger partial charge in [0.25, 0.3) is 0 Å². The largest absolute Gasteiger partial charge is 0.366 e. The molecule has 0 aromatic carbocycles. The summed E-state index contributed by atoms with van der Waals surface area (Å²) in [7, 11) is 0. The van der Waals surface area contributed by atoms with Crippen molar-refractivity contribution in [3.8, 4) is 0 Å². The van der Waals surface area contributed by atoms with Crippen LogP contribution in [0, 0.1) is 30.6 Å². The van der Waals surface area contributed by atoms with Crippen LogP contribution in [0.2, 0.25) is 0 Å². The lowest BCUT2D eigenvalue weighted by Gasteiger charge is -2.15. The summed E-state index contributed by atoms with van der Waals surface area (Å²) in [5.74, 6) is 11.9. The highest BCUT2D eigenvalue weighted by Crippen LogP contribution is 2.66. The molecule has 3 aliphatic carbocycles. The van der Waals surface area contributed by atoms with Crippen molar-refractivity contribution in [3.05, 3.63) is 11.4 Å². The van der Waals surface area contributed by atoms with E-state index in [9.17, 15) is 0 Å². The number of hydrogen-bond acceptors (Lipinski definition) is 5. The molecule has 4 N–H and O–H groups in total. The maximum absolute atomic E-state index is 5.57. The molecule has 3 saturated carbocycles. The third-order valence-corrected chi connectivity index (χ3v) is 5.68. The Hall–Kier alpha value is -1.36. The monoisotopic (exact) mass is 273 g/mol. The molecule has 5 nitrogen and oxygen atoms in total. The Morgan fingerprint density at radius 1 is 1.15 bits per heavy atom. The Morgan fingerprint density at radius 2 is 1.80 bits per heavy atom. The first-order valence-electron chi connectivity index (χ1n) is 7.83. The van der Waals surface area contributed by atoms with E-state index < -0.39 is 0 Å². The molecule has 5 heteroatoms. The van der Waals surface area contributed by atoms with E-state index in [0.29, 0.717) is 6.04 Å². The lowest BCUT2D eigenvalue weighted by atomic mass is 10.0. The topological polar surface area (TPSA) is 75.9 Å². The SMILES string of the molecule is CCc1nc(NN)c(C)c(NC2C3C4CCC(C4)C23)n1. The summed E-state index contributed by atoms with van der Waals surface area (Å²) in [4.78, 5) is 9.08. The Labute approximate surface area is 119 Å². The van der Waals surface area contributed by atoms with E-state index in [1.807, 2.05) is 6.92 Å². The van der Waals surface area contributed by atoms with Crippen LogP contribution in [0.4, 0.5) is 11.6 Å². The number of nitrogen functional groups attached to an aromatic ring is 1. The van der Waals surface area contributed by atoms with Gasteiger partial charge in [0.15, 0.2) is 0 Å². The fourth-order valence-electron chi connectivity index (χ4n) is 4.68. The van der Waals surface area contributed by atoms with E-state index in [1.54, 1.807) is 0 Å². The summed E-state index contributed by atoms with van der Waals surface area (Å²) in [6, 6.07) is 0.644. The zero-order chi connectivity index (χ0) is 13.9. The maximum Gasteiger partial charge on any atom is 0.148 e. The Bertz CT molecular complexity index is 527. The zero-order valence-corrected chi connectivity index (χ0v) is 12.2. The number of hydrazine groups is 1. The molecule has 3 fully saturated rings. The molecule has 4 unspecified atom stereocenters. The second-order valence-electron chi connectivity index (χ2n) is 6.62. The van der Waals surface area contributed by atoms with E-state index in [2.05, 4.69) is 27.6 Å². The van der Waals surface area contributed by atoms with Gasteiger partial charge < -0.3 is 10.7 Å². The van der Waals surface area contributed by atoms with Crippen molar-refractivity contribution < 1.29 is 0 Å². The van der Waals surface area contributed by atoms with Crippen molar-refractivity contribution in [2.75, 3.05) is 10.7 Å². The van der Waals surface area contributed by atoms with E-state index in [4.69, 9.17) is 5.84 Å². The molecule has 2 bridgehead atoms. The number of nitrogens with one attached hydrogen (secondary N) is 2. The number of aryl methyl sites for hydroxylation is 1. The quantitative estimate of drug-likeness (QED) is 0.578. The molecular formula is C15H23N5. The van der Waals surface area contributed by atoms with E-state index in [-0.39, 0.29) is 0 Å². The van der Waals surface area contributed by atoms with Crippen molar-refractivity contribution in [2.24, 2.45) is 29.5 Å². The molecule has 108 valence electrons. The molecule has 0 amide bonds. The molecule has 1 aromatic rings. The van der Waals surface area contributed by atoms with Gasteiger partial charge in [0.1, 0.15) is 17.5 Å². The Balaban J connectivity index is 1.57. The van der Waals surface area contributed by atoms with Gasteiger partial charge in [-0.3, -0.25) is 0 Å². The average molecular weight is 273 g/mol. The van der Waals surface area contributed by atoms with Crippen LogP contribution < -0.4 is 16.6 Å². The minimum absolute atomic E-state index is 0.644. The van der Waals surface area contributed by atoms with Gasteiger partial charge in [-0.05, 0) is 49.9 Å². The van der Waals surface area contributed by atoms with Gasteiger partial charge in [-0.15, -0.1) is 0 Å². The zero-order valence-electron chi connectivity index (χ0n) is 12.2. The van der Waals surface area contributed by atoms with Gasteiger partial charge in [-0.1, -0.05) is 6.92 Å². The van der Waals surface area contributed by atoms with Crippen molar-refractivity contribution in [1.82, 2.24) is 9.97 Å². The molecular weight excluding hydrogens is 250 g/mol. The maximum atomic E-state index is 5.57. The fraction of sp³-hybridized carbons (Fsp3) is 0.733. The number of aromatic nitrogens is 2. The lowest BCUT2D eigenvalue weighted by Crippen LogP contribution is -2.18. The minimum atomic E-state index is 0.644. The first-order chi connectivity index (χ1) is 9.72. The summed E-state index contributed by atoms with van der Waals surface area (Å²) in [5.41, 5.74) is 3.72. The van der Waals surface area contributed by atoms with Crippen molar-refractivity contribution >= 4 is 11.6 Å². The van der Waals surface area contributed by atoms with Crippen LogP contribution in [-0.4, -0.2) is 16.0 Å². The van der Waals surface area contributed by atoms with Crippen LogP contribution in [-0.2, 0) is 6.42 Å². The second kappa shape index (κ2) is 4.32. The summed E-state index contributed by atoms with van der Waals surface area (Å²) in [6.45, 7) is 4.10. The van der Waals surface area contributed by atoms with Crippen LogP contribution in [0.1, 0.15) is 37.6 Å². The fourth-order valence-corrected chi connectivity index (χ4v) is 4.68. The van der Waals surface area contributed by atoms with Crippen LogP contribution in [0.5, 0.6) is 0 Å². The van der Waals surface area contributed by atoms with E-state index >= 15 is 0 Å². The second-order valence-corrected chi connectivity index (χ2v) is 6.62. The van der Waals surface area contributed by atoms with Crippen LogP contribution in [0.25, 0.3) is 0 Å². The molecule has 4 rings (SSSR count). The highest BCUT2D eigenvalue weighted by molar-refractivity contribution is 5.58. The molecule has 0 aliphatic heterocycles. The van der Waals surface area contributed by atoms with Crippen molar-refractivity contribution in [1.29, 1.82) is 0 Å². The lowest BCUT2D eigenvalue weighted by molar-refractivity contribution is 0.456. The third-order valence-electron chi connectivity index (χ3n) is 5.68.